The van der Waals surface area contributed by atoms with Gasteiger partial charge in [0, 0.05) is 12.8 Å². The fourth-order valence-electron chi connectivity index (χ4n) is 2.45. The highest BCUT2D eigenvalue weighted by Gasteiger charge is 2.39. The van der Waals surface area contributed by atoms with Gasteiger partial charge in [-0.05, 0) is 19.8 Å². The summed E-state index contributed by atoms with van der Waals surface area (Å²) in [7, 11) is 0. The molecule has 1 fully saturated rings. The normalized spacial score (nSPS) is 24.8. The Kier molecular flexibility index (Phi) is 13.3. The molecule has 1 rings (SSSR count). The molecular formula is C16H32O5. The molecule has 0 aliphatic carbocycles. The maximum Gasteiger partial charge on any atom is 0.307 e. The van der Waals surface area contributed by atoms with Crippen LogP contribution in [-0.4, -0.2) is 35.4 Å². The third kappa shape index (κ3) is 8.71. The Bertz CT molecular complexity index is 274. The van der Waals surface area contributed by atoms with Gasteiger partial charge in [-0.25, -0.2) is 0 Å². The van der Waals surface area contributed by atoms with Crippen LogP contribution in [0.4, 0.5) is 0 Å². The van der Waals surface area contributed by atoms with Crippen molar-refractivity contribution in [2.24, 2.45) is 5.92 Å². The standard InChI is InChI=1S/C12H20O5.2C2H6/c1-4-10-9(5-7(2)16-10)11(6-12(14)15)17-8(3)13;2*1-2/h7,9-11H,4-6H2,1-3H3,(H,14,15);2*1-2H3. The van der Waals surface area contributed by atoms with Gasteiger partial charge >= 0.3 is 11.9 Å². The second-order valence-electron chi connectivity index (χ2n) is 4.54. The van der Waals surface area contributed by atoms with E-state index in [0.717, 1.165) is 12.8 Å². The average molecular weight is 304 g/mol. The number of esters is 1. The van der Waals surface area contributed by atoms with Crippen molar-refractivity contribution < 1.29 is 24.2 Å². The van der Waals surface area contributed by atoms with Gasteiger partial charge in [-0.2, -0.15) is 0 Å². The van der Waals surface area contributed by atoms with Crippen LogP contribution in [0.3, 0.4) is 0 Å². The lowest BCUT2D eigenvalue weighted by Gasteiger charge is -2.25. The van der Waals surface area contributed by atoms with Crippen molar-refractivity contribution >= 4 is 11.9 Å². The van der Waals surface area contributed by atoms with E-state index in [-0.39, 0.29) is 24.5 Å². The van der Waals surface area contributed by atoms with Crippen LogP contribution in [0.15, 0.2) is 0 Å². The number of hydrogen-bond acceptors (Lipinski definition) is 4. The molecule has 0 aromatic heterocycles. The number of hydrogen-bond donors (Lipinski definition) is 1. The maximum absolute atomic E-state index is 11.0. The first-order valence-electron chi connectivity index (χ1n) is 7.98. The Morgan fingerprint density at radius 1 is 1.29 bits per heavy atom. The first-order chi connectivity index (χ1) is 9.93. The lowest BCUT2D eigenvalue weighted by Crippen LogP contribution is -2.33. The van der Waals surface area contributed by atoms with E-state index >= 15 is 0 Å². The van der Waals surface area contributed by atoms with E-state index in [1.54, 1.807) is 0 Å². The van der Waals surface area contributed by atoms with Gasteiger partial charge in [-0.1, -0.05) is 34.6 Å². The zero-order valence-corrected chi connectivity index (χ0v) is 14.5. The average Bonchev–Trinajstić information content (AvgIpc) is 2.83. The zero-order valence-electron chi connectivity index (χ0n) is 14.5. The number of carboxylic acids is 1. The van der Waals surface area contributed by atoms with Gasteiger partial charge < -0.3 is 14.6 Å². The minimum atomic E-state index is -0.953. The first kappa shape index (κ1) is 22.2. The Hall–Kier alpha value is -1.10. The summed E-state index contributed by atoms with van der Waals surface area (Å²) in [6.45, 7) is 13.2. The SMILES string of the molecule is CC.CC.CCC1OC(C)CC1C(CC(=O)O)OC(C)=O. The maximum atomic E-state index is 11.0. The molecule has 1 N–H and O–H groups in total. The van der Waals surface area contributed by atoms with E-state index in [9.17, 15) is 9.59 Å². The molecule has 4 atom stereocenters. The third-order valence-electron chi connectivity index (χ3n) is 3.06. The molecule has 0 aromatic rings. The number of carboxylic acid groups (broad SMARTS) is 1. The molecule has 1 heterocycles. The molecule has 1 saturated heterocycles. The van der Waals surface area contributed by atoms with Crippen LogP contribution in [0.1, 0.15) is 67.7 Å². The van der Waals surface area contributed by atoms with Crippen molar-refractivity contribution in [3.05, 3.63) is 0 Å². The molecule has 4 unspecified atom stereocenters. The molecule has 0 radical (unpaired) electrons. The second kappa shape index (κ2) is 12.6. The van der Waals surface area contributed by atoms with Crippen LogP contribution < -0.4 is 0 Å². The largest absolute Gasteiger partial charge is 0.481 e. The Balaban J connectivity index is 0. The molecule has 126 valence electrons. The molecule has 5 heteroatoms. The highest BCUT2D eigenvalue weighted by atomic mass is 16.6. The number of rotatable bonds is 5. The van der Waals surface area contributed by atoms with Crippen LogP contribution in [0.5, 0.6) is 0 Å². The van der Waals surface area contributed by atoms with E-state index in [4.69, 9.17) is 14.6 Å². The lowest BCUT2D eigenvalue weighted by atomic mass is 9.90. The van der Waals surface area contributed by atoms with Crippen molar-refractivity contribution in [3.8, 4) is 0 Å². The minimum absolute atomic E-state index is 0.0185. The topological polar surface area (TPSA) is 72.8 Å². The van der Waals surface area contributed by atoms with Crippen molar-refractivity contribution in [3.63, 3.8) is 0 Å². The number of ether oxygens (including phenoxy) is 2. The minimum Gasteiger partial charge on any atom is -0.481 e. The van der Waals surface area contributed by atoms with E-state index in [1.807, 2.05) is 41.5 Å². The van der Waals surface area contributed by atoms with E-state index in [0.29, 0.717) is 0 Å². The first-order valence-corrected chi connectivity index (χ1v) is 7.98. The molecule has 5 nitrogen and oxygen atoms in total. The van der Waals surface area contributed by atoms with E-state index in [2.05, 4.69) is 0 Å². The monoisotopic (exact) mass is 304 g/mol. The summed E-state index contributed by atoms with van der Waals surface area (Å²) in [4.78, 5) is 21.8. The summed E-state index contributed by atoms with van der Waals surface area (Å²) in [6, 6.07) is 0. The third-order valence-corrected chi connectivity index (χ3v) is 3.06. The molecule has 21 heavy (non-hydrogen) atoms. The van der Waals surface area contributed by atoms with Gasteiger partial charge in [-0.15, -0.1) is 0 Å². The predicted molar refractivity (Wildman–Crippen MR) is 83.2 cm³/mol. The van der Waals surface area contributed by atoms with Crippen molar-refractivity contribution in [1.82, 2.24) is 0 Å². The summed E-state index contributed by atoms with van der Waals surface area (Å²) < 4.78 is 10.8. The molecule has 0 aromatic carbocycles. The Morgan fingerprint density at radius 2 is 1.81 bits per heavy atom. The molecule has 0 bridgehead atoms. The Morgan fingerprint density at radius 3 is 2.19 bits per heavy atom. The molecule has 0 amide bonds. The van der Waals surface area contributed by atoms with Gasteiger partial charge in [0.15, 0.2) is 0 Å². The predicted octanol–water partition coefficient (Wildman–Crippen LogP) is 3.65. The van der Waals surface area contributed by atoms with E-state index < -0.39 is 18.0 Å². The summed E-state index contributed by atoms with van der Waals surface area (Å²) >= 11 is 0. The highest BCUT2D eigenvalue weighted by Crippen LogP contribution is 2.33. The van der Waals surface area contributed by atoms with Gasteiger partial charge in [0.25, 0.3) is 0 Å². The Labute approximate surface area is 129 Å². The summed E-state index contributed by atoms with van der Waals surface area (Å²) in [6.07, 6.45) is 0.873. The second-order valence-corrected chi connectivity index (χ2v) is 4.54. The number of carbonyl (C=O) groups excluding carboxylic acids is 1. The fourth-order valence-corrected chi connectivity index (χ4v) is 2.45. The quantitative estimate of drug-likeness (QED) is 0.785. The van der Waals surface area contributed by atoms with Gasteiger partial charge in [0.1, 0.15) is 6.10 Å². The highest BCUT2D eigenvalue weighted by molar-refractivity contribution is 5.69. The lowest BCUT2D eigenvalue weighted by molar-refractivity contribution is -0.155. The summed E-state index contributed by atoms with van der Waals surface area (Å²) in [5, 5.41) is 8.85. The molecule has 0 saturated carbocycles. The van der Waals surface area contributed by atoms with Gasteiger partial charge in [0.2, 0.25) is 0 Å². The van der Waals surface area contributed by atoms with Gasteiger partial charge in [-0.3, -0.25) is 9.59 Å². The molecule has 0 spiro atoms. The van der Waals surface area contributed by atoms with Crippen LogP contribution >= 0.6 is 0 Å². The molecule has 1 aliphatic rings. The zero-order chi connectivity index (χ0) is 17.0. The number of aliphatic carboxylic acids is 1. The summed E-state index contributed by atoms with van der Waals surface area (Å²) in [5.41, 5.74) is 0. The fraction of sp³-hybridized carbons (Fsp3) is 0.875. The van der Waals surface area contributed by atoms with Crippen LogP contribution in [0, 0.1) is 5.92 Å². The summed E-state index contributed by atoms with van der Waals surface area (Å²) in [5.74, 6) is -1.41. The smallest absolute Gasteiger partial charge is 0.307 e. The van der Waals surface area contributed by atoms with Crippen molar-refractivity contribution in [2.75, 3.05) is 0 Å². The molecular weight excluding hydrogens is 272 g/mol. The van der Waals surface area contributed by atoms with Crippen LogP contribution in [0.25, 0.3) is 0 Å². The molecule has 1 aliphatic heterocycles. The van der Waals surface area contributed by atoms with Crippen molar-refractivity contribution in [2.45, 2.75) is 86.0 Å². The number of carbonyl (C=O) groups is 2. The van der Waals surface area contributed by atoms with Gasteiger partial charge in [0.05, 0.1) is 18.6 Å². The van der Waals surface area contributed by atoms with Crippen LogP contribution in [-0.2, 0) is 19.1 Å². The van der Waals surface area contributed by atoms with Crippen LogP contribution in [0.2, 0.25) is 0 Å². The van der Waals surface area contributed by atoms with E-state index in [1.165, 1.54) is 6.92 Å². The van der Waals surface area contributed by atoms with Crippen molar-refractivity contribution in [1.29, 1.82) is 0 Å².